The van der Waals surface area contributed by atoms with E-state index < -0.39 is 9.84 Å². The summed E-state index contributed by atoms with van der Waals surface area (Å²) in [5.41, 5.74) is 0. The Hall–Kier alpha value is -0.620. The van der Waals surface area contributed by atoms with Crippen molar-refractivity contribution in [1.82, 2.24) is 10.2 Å². The third-order valence-corrected chi connectivity index (χ3v) is 3.02. The van der Waals surface area contributed by atoms with Crippen molar-refractivity contribution in [2.24, 2.45) is 0 Å². The van der Waals surface area contributed by atoms with Crippen molar-refractivity contribution >= 4 is 15.7 Å². The summed E-state index contributed by atoms with van der Waals surface area (Å²) < 4.78 is 21.9. The molecule has 0 unspecified atom stereocenters. The molecule has 0 bridgehead atoms. The van der Waals surface area contributed by atoms with E-state index >= 15 is 0 Å². The molecule has 0 aromatic heterocycles. The highest BCUT2D eigenvalue weighted by atomic mass is 32.2. The fraction of sp³-hybridized carbons (Fsp3) is 0.875. The Balaban J connectivity index is 2.56. The van der Waals surface area contributed by atoms with E-state index in [2.05, 4.69) is 5.32 Å². The standard InChI is InChI=1S/C8H16N2O3S/c1-3-10(7-4-9-5-7)8(11)6-14(2,12)13/h7,9H,3-6H2,1-2H3. The molecule has 0 spiro atoms. The van der Waals surface area contributed by atoms with Gasteiger partial charge in [0.05, 0.1) is 6.04 Å². The predicted molar refractivity (Wildman–Crippen MR) is 53.8 cm³/mol. The van der Waals surface area contributed by atoms with Gasteiger partial charge in [-0.2, -0.15) is 0 Å². The van der Waals surface area contributed by atoms with E-state index in [9.17, 15) is 13.2 Å². The van der Waals surface area contributed by atoms with Gasteiger partial charge in [0, 0.05) is 25.9 Å². The minimum Gasteiger partial charge on any atom is -0.337 e. The minimum absolute atomic E-state index is 0.175. The highest BCUT2D eigenvalue weighted by molar-refractivity contribution is 7.91. The average molecular weight is 220 g/mol. The summed E-state index contributed by atoms with van der Waals surface area (Å²) in [4.78, 5) is 13.2. The Bertz CT molecular complexity index is 309. The zero-order valence-electron chi connectivity index (χ0n) is 8.49. The summed E-state index contributed by atoms with van der Waals surface area (Å²) >= 11 is 0. The molecule has 1 saturated heterocycles. The number of nitrogens with zero attached hydrogens (tertiary/aromatic N) is 1. The van der Waals surface area contributed by atoms with E-state index in [0.29, 0.717) is 6.54 Å². The lowest BCUT2D eigenvalue weighted by Gasteiger charge is -2.37. The molecular weight excluding hydrogens is 204 g/mol. The molecule has 6 heteroatoms. The van der Waals surface area contributed by atoms with E-state index in [-0.39, 0.29) is 17.7 Å². The smallest absolute Gasteiger partial charge is 0.238 e. The van der Waals surface area contributed by atoms with Crippen molar-refractivity contribution in [2.45, 2.75) is 13.0 Å². The van der Waals surface area contributed by atoms with Crippen LogP contribution in [0.3, 0.4) is 0 Å². The average Bonchev–Trinajstić information content (AvgIpc) is 1.92. The zero-order chi connectivity index (χ0) is 10.8. The van der Waals surface area contributed by atoms with Crippen molar-refractivity contribution in [3.8, 4) is 0 Å². The lowest BCUT2D eigenvalue weighted by molar-refractivity contribution is -0.131. The summed E-state index contributed by atoms with van der Waals surface area (Å²) in [7, 11) is -3.21. The summed E-state index contributed by atoms with van der Waals surface area (Å²) in [5.74, 6) is -0.668. The number of sulfone groups is 1. The second-order valence-corrected chi connectivity index (χ2v) is 5.70. The van der Waals surface area contributed by atoms with Crippen molar-refractivity contribution in [3.63, 3.8) is 0 Å². The van der Waals surface area contributed by atoms with Gasteiger partial charge in [0.15, 0.2) is 9.84 Å². The second kappa shape index (κ2) is 4.27. The van der Waals surface area contributed by atoms with E-state index in [0.717, 1.165) is 19.3 Å². The van der Waals surface area contributed by atoms with Crippen molar-refractivity contribution in [1.29, 1.82) is 0 Å². The predicted octanol–water partition coefficient (Wildman–Crippen LogP) is -1.15. The van der Waals surface area contributed by atoms with Crippen LogP contribution < -0.4 is 5.32 Å². The van der Waals surface area contributed by atoms with Gasteiger partial charge in [-0.1, -0.05) is 0 Å². The summed E-state index contributed by atoms with van der Waals surface area (Å²) in [6.07, 6.45) is 1.08. The molecule has 1 rings (SSSR count). The van der Waals surface area contributed by atoms with Gasteiger partial charge in [0.2, 0.25) is 5.91 Å². The molecule has 0 aromatic carbocycles. The topological polar surface area (TPSA) is 66.5 Å². The molecule has 0 saturated carbocycles. The van der Waals surface area contributed by atoms with E-state index in [1.165, 1.54) is 0 Å². The molecule has 1 heterocycles. The Labute approximate surface area is 84.4 Å². The normalized spacial score (nSPS) is 17.6. The fourth-order valence-electron chi connectivity index (χ4n) is 1.44. The summed E-state index contributed by atoms with van der Waals surface area (Å²) in [6, 6.07) is 0.175. The van der Waals surface area contributed by atoms with E-state index in [1.54, 1.807) is 4.90 Å². The largest absolute Gasteiger partial charge is 0.337 e. The first kappa shape index (κ1) is 11.5. The number of nitrogens with one attached hydrogen (secondary N) is 1. The first-order valence-electron chi connectivity index (χ1n) is 4.62. The number of amides is 1. The maximum Gasteiger partial charge on any atom is 0.238 e. The van der Waals surface area contributed by atoms with Crippen LogP contribution in [-0.2, 0) is 14.6 Å². The monoisotopic (exact) mass is 220 g/mol. The Morgan fingerprint density at radius 2 is 2.07 bits per heavy atom. The Kier molecular flexibility index (Phi) is 3.49. The summed E-state index contributed by atoms with van der Waals surface area (Å²) in [6.45, 7) is 3.96. The second-order valence-electron chi connectivity index (χ2n) is 3.56. The molecule has 0 atom stereocenters. The number of carbonyl (C=O) groups is 1. The van der Waals surface area contributed by atoms with Gasteiger partial charge in [-0.15, -0.1) is 0 Å². The van der Waals surface area contributed by atoms with Crippen LogP contribution in [0.25, 0.3) is 0 Å². The number of rotatable bonds is 4. The van der Waals surface area contributed by atoms with Crippen LogP contribution in [0.15, 0.2) is 0 Å². The number of hydrogen-bond donors (Lipinski definition) is 1. The van der Waals surface area contributed by atoms with Gasteiger partial charge in [0.25, 0.3) is 0 Å². The van der Waals surface area contributed by atoms with Crippen molar-refractivity contribution in [3.05, 3.63) is 0 Å². The first-order valence-corrected chi connectivity index (χ1v) is 6.68. The minimum atomic E-state index is -3.21. The number of hydrogen-bond acceptors (Lipinski definition) is 4. The van der Waals surface area contributed by atoms with Crippen LogP contribution in [0.2, 0.25) is 0 Å². The van der Waals surface area contributed by atoms with Crippen LogP contribution in [0.1, 0.15) is 6.92 Å². The molecule has 1 aliphatic rings. The molecule has 0 aliphatic carbocycles. The Morgan fingerprint density at radius 3 is 2.36 bits per heavy atom. The maximum absolute atomic E-state index is 11.5. The van der Waals surface area contributed by atoms with Crippen LogP contribution >= 0.6 is 0 Å². The zero-order valence-corrected chi connectivity index (χ0v) is 9.30. The highest BCUT2D eigenvalue weighted by Crippen LogP contribution is 2.05. The van der Waals surface area contributed by atoms with Crippen molar-refractivity contribution in [2.75, 3.05) is 31.6 Å². The van der Waals surface area contributed by atoms with Gasteiger partial charge >= 0.3 is 0 Å². The molecule has 82 valence electrons. The molecule has 1 fully saturated rings. The molecule has 1 N–H and O–H groups in total. The quantitative estimate of drug-likeness (QED) is 0.650. The van der Waals surface area contributed by atoms with Gasteiger partial charge in [0.1, 0.15) is 5.75 Å². The highest BCUT2D eigenvalue weighted by Gasteiger charge is 2.28. The SMILES string of the molecule is CCN(C(=O)CS(C)(=O)=O)C1CNC1. The molecule has 0 radical (unpaired) electrons. The van der Waals surface area contributed by atoms with Crippen LogP contribution in [0.4, 0.5) is 0 Å². The molecule has 0 aromatic rings. The van der Waals surface area contributed by atoms with Gasteiger partial charge < -0.3 is 10.2 Å². The third kappa shape index (κ3) is 2.95. The van der Waals surface area contributed by atoms with Crippen molar-refractivity contribution < 1.29 is 13.2 Å². The number of likely N-dealkylation sites (N-methyl/N-ethyl adjacent to an activating group) is 1. The number of carbonyl (C=O) groups excluding carboxylic acids is 1. The van der Waals surface area contributed by atoms with Crippen LogP contribution in [0.5, 0.6) is 0 Å². The Morgan fingerprint density at radius 1 is 1.50 bits per heavy atom. The summed E-state index contributed by atoms with van der Waals surface area (Å²) in [5, 5.41) is 3.05. The molecule has 1 aliphatic heterocycles. The van der Waals surface area contributed by atoms with Crippen LogP contribution in [-0.4, -0.2) is 56.9 Å². The van der Waals surface area contributed by atoms with Gasteiger partial charge in [-0.05, 0) is 6.92 Å². The van der Waals surface area contributed by atoms with E-state index in [4.69, 9.17) is 0 Å². The molecule has 5 nitrogen and oxygen atoms in total. The molecule has 1 amide bonds. The first-order chi connectivity index (χ1) is 6.44. The van der Waals surface area contributed by atoms with Gasteiger partial charge in [-0.3, -0.25) is 4.79 Å². The third-order valence-electron chi connectivity index (χ3n) is 2.25. The lowest BCUT2D eigenvalue weighted by Crippen LogP contribution is -2.59. The van der Waals surface area contributed by atoms with Crippen LogP contribution in [0, 0.1) is 0 Å². The fourth-order valence-corrected chi connectivity index (χ4v) is 2.05. The molecular formula is C8H16N2O3S. The van der Waals surface area contributed by atoms with E-state index in [1.807, 2.05) is 6.92 Å². The maximum atomic E-state index is 11.5. The van der Waals surface area contributed by atoms with Gasteiger partial charge in [-0.25, -0.2) is 8.42 Å². The molecule has 14 heavy (non-hydrogen) atoms. The lowest BCUT2D eigenvalue weighted by atomic mass is 10.1.